The van der Waals surface area contributed by atoms with Crippen LogP contribution in [-0.2, 0) is 18.2 Å². The minimum absolute atomic E-state index is 0.764. The highest BCUT2D eigenvalue weighted by Crippen LogP contribution is 2.18. The molecule has 0 atom stereocenters. The van der Waals surface area contributed by atoms with Crippen molar-refractivity contribution in [2.45, 2.75) is 12.8 Å². The van der Waals surface area contributed by atoms with Crippen LogP contribution in [0.5, 0.6) is 0 Å². The molecule has 1 fully saturated rings. The average Bonchev–Trinajstić information content (AvgIpc) is 3.01. The van der Waals surface area contributed by atoms with Crippen molar-refractivity contribution >= 4 is 11.6 Å². The van der Waals surface area contributed by atoms with Crippen LogP contribution in [0.2, 0.25) is 0 Å². The molecular formula is C16H24N6O. The Kier molecular flexibility index (Phi) is 5.07. The fraction of sp³-hybridized carbons (Fsp3) is 0.562. The van der Waals surface area contributed by atoms with Gasteiger partial charge in [0.05, 0.1) is 19.4 Å². The van der Waals surface area contributed by atoms with E-state index in [1.54, 1.807) is 6.33 Å². The van der Waals surface area contributed by atoms with Gasteiger partial charge < -0.3 is 14.5 Å². The Morgan fingerprint density at radius 2 is 2.09 bits per heavy atom. The van der Waals surface area contributed by atoms with Crippen molar-refractivity contribution in [2.75, 3.05) is 49.7 Å². The zero-order valence-corrected chi connectivity index (χ0v) is 13.9. The smallest absolute Gasteiger partial charge is 0.134 e. The number of aryl methyl sites for hydroxylation is 2. The lowest BCUT2D eigenvalue weighted by Gasteiger charge is -2.28. The third-order valence-corrected chi connectivity index (χ3v) is 4.08. The third-order valence-electron chi connectivity index (χ3n) is 4.08. The molecule has 0 aromatic carbocycles. The van der Waals surface area contributed by atoms with E-state index in [2.05, 4.69) is 44.2 Å². The fourth-order valence-corrected chi connectivity index (χ4v) is 2.75. The first-order valence-corrected chi connectivity index (χ1v) is 8.06. The first-order valence-electron chi connectivity index (χ1n) is 8.06. The van der Waals surface area contributed by atoms with E-state index in [4.69, 9.17) is 4.74 Å². The normalized spacial score (nSPS) is 15.0. The summed E-state index contributed by atoms with van der Waals surface area (Å²) < 4.78 is 7.24. The second kappa shape index (κ2) is 7.41. The Bertz CT molecular complexity index is 623. The standard InChI is InChI=1S/C16H24N6O/c1-20(5-3-4-14-11-19-21(2)12-14)15-10-16(18-13-17-15)22-6-8-23-9-7-22/h10-13H,3-9H2,1-2H3. The van der Waals surface area contributed by atoms with E-state index in [1.165, 1.54) is 5.56 Å². The van der Waals surface area contributed by atoms with E-state index in [0.717, 1.165) is 57.3 Å². The maximum absolute atomic E-state index is 5.39. The van der Waals surface area contributed by atoms with Crippen LogP contribution in [0, 0.1) is 0 Å². The van der Waals surface area contributed by atoms with Gasteiger partial charge in [0.25, 0.3) is 0 Å². The molecule has 2 aromatic rings. The lowest BCUT2D eigenvalue weighted by molar-refractivity contribution is 0.122. The summed E-state index contributed by atoms with van der Waals surface area (Å²) in [4.78, 5) is 13.2. The molecule has 0 radical (unpaired) electrons. The highest BCUT2D eigenvalue weighted by Gasteiger charge is 2.14. The largest absolute Gasteiger partial charge is 0.378 e. The van der Waals surface area contributed by atoms with Crippen molar-refractivity contribution in [2.24, 2.45) is 7.05 Å². The Morgan fingerprint density at radius 3 is 2.83 bits per heavy atom. The van der Waals surface area contributed by atoms with E-state index in [-0.39, 0.29) is 0 Å². The number of nitrogens with zero attached hydrogens (tertiary/aromatic N) is 6. The molecule has 124 valence electrons. The molecule has 0 saturated carbocycles. The van der Waals surface area contributed by atoms with Gasteiger partial charge in [-0.3, -0.25) is 4.68 Å². The summed E-state index contributed by atoms with van der Waals surface area (Å²) in [5.41, 5.74) is 1.28. The van der Waals surface area contributed by atoms with Gasteiger partial charge in [-0.2, -0.15) is 5.10 Å². The van der Waals surface area contributed by atoms with Gasteiger partial charge in [-0.15, -0.1) is 0 Å². The van der Waals surface area contributed by atoms with Gasteiger partial charge in [0.15, 0.2) is 0 Å². The summed E-state index contributed by atoms with van der Waals surface area (Å²) in [6.07, 6.45) is 7.75. The molecule has 3 heterocycles. The number of hydrogen-bond acceptors (Lipinski definition) is 6. The fourth-order valence-electron chi connectivity index (χ4n) is 2.75. The molecule has 0 amide bonds. The van der Waals surface area contributed by atoms with Gasteiger partial charge in [-0.05, 0) is 18.4 Å². The third kappa shape index (κ3) is 4.19. The molecule has 0 aliphatic carbocycles. The zero-order chi connectivity index (χ0) is 16.1. The predicted molar refractivity (Wildman–Crippen MR) is 89.9 cm³/mol. The minimum Gasteiger partial charge on any atom is -0.378 e. The number of rotatable bonds is 6. The summed E-state index contributed by atoms with van der Waals surface area (Å²) in [6.45, 7) is 4.26. The van der Waals surface area contributed by atoms with Crippen molar-refractivity contribution in [3.63, 3.8) is 0 Å². The molecule has 7 heteroatoms. The van der Waals surface area contributed by atoms with Crippen molar-refractivity contribution in [1.29, 1.82) is 0 Å². The van der Waals surface area contributed by atoms with E-state index in [1.807, 2.05) is 17.9 Å². The van der Waals surface area contributed by atoms with Crippen LogP contribution in [-0.4, -0.2) is 59.6 Å². The van der Waals surface area contributed by atoms with Gasteiger partial charge in [-0.1, -0.05) is 0 Å². The van der Waals surface area contributed by atoms with Crippen molar-refractivity contribution in [3.8, 4) is 0 Å². The highest BCUT2D eigenvalue weighted by molar-refractivity contribution is 5.49. The number of aromatic nitrogens is 4. The SMILES string of the molecule is CN(CCCc1cnn(C)c1)c1cc(N2CCOCC2)ncn1. The van der Waals surface area contributed by atoms with Crippen LogP contribution < -0.4 is 9.80 Å². The van der Waals surface area contributed by atoms with Crippen LogP contribution in [0.1, 0.15) is 12.0 Å². The summed E-state index contributed by atoms with van der Waals surface area (Å²) in [7, 11) is 4.03. The van der Waals surface area contributed by atoms with Gasteiger partial charge >= 0.3 is 0 Å². The van der Waals surface area contributed by atoms with Gasteiger partial charge in [0, 0.05) is 46.0 Å². The first kappa shape index (κ1) is 15.7. The van der Waals surface area contributed by atoms with Crippen LogP contribution in [0.15, 0.2) is 24.8 Å². The highest BCUT2D eigenvalue weighted by atomic mass is 16.5. The minimum atomic E-state index is 0.764. The molecule has 0 unspecified atom stereocenters. The molecule has 0 bridgehead atoms. The lowest BCUT2D eigenvalue weighted by Crippen LogP contribution is -2.37. The number of anilines is 2. The molecule has 1 saturated heterocycles. The Morgan fingerprint density at radius 1 is 1.26 bits per heavy atom. The average molecular weight is 316 g/mol. The van der Waals surface area contributed by atoms with Gasteiger partial charge in [-0.25, -0.2) is 9.97 Å². The molecule has 1 aliphatic heterocycles. The summed E-state index contributed by atoms with van der Waals surface area (Å²) in [6, 6.07) is 2.06. The van der Waals surface area contributed by atoms with E-state index >= 15 is 0 Å². The van der Waals surface area contributed by atoms with Crippen LogP contribution in [0.25, 0.3) is 0 Å². The van der Waals surface area contributed by atoms with Crippen molar-refractivity contribution in [3.05, 3.63) is 30.4 Å². The van der Waals surface area contributed by atoms with Crippen molar-refractivity contribution < 1.29 is 4.74 Å². The molecule has 2 aromatic heterocycles. The lowest BCUT2D eigenvalue weighted by atomic mass is 10.2. The molecule has 23 heavy (non-hydrogen) atoms. The van der Waals surface area contributed by atoms with Crippen LogP contribution >= 0.6 is 0 Å². The number of morpholine rings is 1. The Balaban J connectivity index is 1.55. The molecule has 3 rings (SSSR count). The molecule has 7 nitrogen and oxygen atoms in total. The molecular weight excluding hydrogens is 292 g/mol. The monoisotopic (exact) mass is 316 g/mol. The maximum Gasteiger partial charge on any atom is 0.134 e. The second-order valence-electron chi connectivity index (χ2n) is 5.88. The van der Waals surface area contributed by atoms with Gasteiger partial charge in [0.1, 0.15) is 18.0 Å². The quantitative estimate of drug-likeness (QED) is 0.796. The zero-order valence-electron chi connectivity index (χ0n) is 13.9. The summed E-state index contributed by atoms with van der Waals surface area (Å²) in [5, 5.41) is 4.20. The van der Waals surface area contributed by atoms with E-state index in [9.17, 15) is 0 Å². The maximum atomic E-state index is 5.39. The van der Waals surface area contributed by atoms with Crippen LogP contribution in [0.4, 0.5) is 11.6 Å². The Labute approximate surface area is 136 Å². The van der Waals surface area contributed by atoms with Crippen molar-refractivity contribution in [1.82, 2.24) is 19.7 Å². The van der Waals surface area contributed by atoms with E-state index < -0.39 is 0 Å². The molecule has 1 aliphatic rings. The van der Waals surface area contributed by atoms with Gasteiger partial charge in [0.2, 0.25) is 0 Å². The Hall–Kier alpha value is -2.15. The van der Waals surface area contributed by atoms with E-state index in [0.29, 0.717) is 0 Å². The number of ether oxygens (including phenoxy) is 1. The first-order chi connectivity index (χ1) is 11.2. The van der Waals surface area contributed by atoms with Crippen LogP contribution in [0.3, 0.4) is 0 Å². The summed E-state index contributed by atoms with van der Waals surface area (Å²) >= 11 is 0. The summed E-state index contributed by atoms with van der Waals surface area (Å²) in [5.74, 6) is 1.95. The number of hydrogen-bond donors (Lipinski definition) is 0. The second-order valence-corrected chi connectivity index (χ2v) is 5.88. The molecule has 0 N–H and O–H groups in total. The topological polar surface area (TPSA) is 59.3 Å². The molecule has 0 spiro atoms. The predicted octanol–water partition coefficient (Wildman–Crippen LogP) is 1.12.